The SMILES string of the molecule is C1=CCCC(c2ccc(N(c3ccc(-c4ccc(-c5cccc6c5oc5ccccc56)cc4)cc3)c3ccc(-c4ccc(-c5cccc6c5oc5ccccc56)cc4)cc3)cc2)=C1. The Morgan fingerprint density at radius 1 is 0.333 bits per heavy atom. The maximum Gasteiger partial charge on any atom is 0.143 e. The third-order valence-electron chi connectivity index (χ3n) is 12.6. The molecule has 0 aliphatic heterocycles. The van der Waals surface area contributed by atoms with E-state index in [-0.39, 0.29) is 0 Å². The Morgan fingerprint density at radius 3 is 1.14 bits per heavy atom. The molecule has 63 heavy (non-hydrogen) atoms. The van der Waals surface area contributed by atoms with Crippen LogP contribution in [-0.2, 0) is 0 Å². The molecule has 0 unspecified atom stereocenters. The highest BCUT2D eigenvalue weighted by atomic mass is 16.3. The third kappa shape index (κ3) is 6.63. The van der Waals surface area contributed by atoms with Crippen molar-refractivity contribution in [2.24, 2.45) is 0 Å². The highest BCUT2D eigenvalue weighted by molar-refractivity contribution is 6.10. The molecule has 0 N–H and O–H groups in total. The van der Waals surface area contributed by atoms with Crippen molar-refractivity contribution in [3.05, 3.63) is 230 Å². The lowest BCUT2D eigenvalue weighted by atomic mass is 9.97. The Hall–Kier alpha value is -8.14. The van der Waals surface area contributed by atoms with Gasteiger partial charge in [0.15, 0.2) is 0 Å². The molecule has 9 aromatic carbocycles. The van der Waals surface area contributed by atoms with Crippen molar-refractivity contribution in [1.82, 2.24) is 0 Å². The zero-order valence-corrected chi connectivity index (χ0v) is 34.5. The maximum absolute atomic E-state index is 6.35. The number of allylic oxidation sites excluding steroid dienone is 4. The van der Waals surface area contributed by atoms with Gasteiger partial charge < -0.3 is 13.7 Å². The molecule has 0 radical (unpaired) electrons. The van der Waals surface area contributed by atoms with Gasteiger partial charge in [0.2, 0.25) is 0 Å². The van der Waals surface area contributed by atoms with Crippen LogP contribution in [0.5, 0.6) is 0 Å². The van der Waals surface area contributed by atoms with Crippen LogP contribution in [0, 0.1) is 0 Å². The summed E-state index contributed by atoms with van der Waals surface area (Å²) in [7, 11) is 0. The summed E-state index contributed by atoms with van der Waals surface area (Å²) in [6, 6.07) is 73.8. The van der Waals surface area contributed by atoms with Crippen LogP contribution in [0.25, 0.3) is 94.0 Å². The fourth-order valence-electron chi connectivity index (χ4n) is 9.35. The standard InChI is InChI=1S/C60H41NO2/c1-2-10-40(11-3-1)43-28-34-48(35-29-43)61(49-36-30-44(31-37-49)41-20-24-46(25-21-41)51-14-8-16-55-53-12-4-6-18-57(53)62-59(51)55)50-38-32-45(33-39-50)42-22-26-47(27-23-42)52-15-9-17-56-54-13-5-7-19-58(54)63-60(52)56/h1-2,4-10,12-39H,3,11H2. The lowest BCUT2D eigenvalue weighted by Crippen LogP contribution is -2.10. The van der Waals surface area contributed by atoms with E-state index in [1.807, 2.05) is 24.3 Å². The van der Waals surface area contributed by atoms with Crippen LogP contribution in [0.2, 0.25) is 0 Å². The number of nitrogens with zero attached hydrogens (tertiary/aromatic N) is 1. The summed E-state index contributed by atoms with van der Waals surface area (Å²) in [6.45, 7) is 0. The Morgan fingerprint density at radius 2 is 0.714 bits per heavy atom. The van der Waals surface area contributed by atoms with Gasteiger partial charge >= 0.3 is 0 Å². The first-order valence-corrected chi connectivity index (χ1v) is 21.7. The van der Waals surface area contributed by atoms with Gasteiger partial charge in [0.1, 0.15) is 22.3 Å². The van der Waals surface area contributed by atoms with Crippen molar-refractivity contribution < 1.29 is 8.83 Å². The minimum absolute atomic E-state index is 0.913. The Labute approximate surface area is 366 Å². The van der Waals surface area contributed by atoms with Crippen LogP contribution < -0.4 is 4.90 Å². The van der Waals surface area contributed by atoms with Crippen LogP contribution in [0.3, 0.4) is 0 Å². The minimum Gasteiger partial charge on any atom is -0.455 e. The van der Waals surface area contributed by atoms with E-state index in [4.69, 9.17) is 8.83 Å². The predicted molar refractivity (Wildman–Crippen MR) is 264 cm³/mol. The van der Waals surface area contributed by atoms with E-state index in [9.17, 15) is 0 Å². The van der Waals surface area contributed by atoms with Crippen LogP contribution in [0.15, 0.2) is 233 Å². The number of anilines is 3. The second kappa shape index (κ2) is 15.4. The average Bonchev–Trinajstić information content (AvgIpc) is 3.94. The summed E-state index contributed by atoms with van der Waals surface area (Å²) in [5.74, 6) is 0. The van der Waals surface area contributed by atoms with Gasteiger partial charge in [-0.2, -0.15) is 0 Å². The third-order valence-corrected chi connectivity index (χ3v) is 12.6. The first kappa shape index (κ1) is 36.7. The van der Waals surface area contributed by atoms with Gasteiger partial charge in [-0.15, -0.1) is 0 Å². The van der Waals surface area contributed by atoms with Gasteiger partial charge in [0, 0.05) is 49.7 Å². The topological polar surface area (TPSA) is 29.5 Å². The molecule has 1 aliphatic carbocycles. The van der Waals surface area contributed by atoms with Gasteiger partial charge in [-0.25, -0.2) is 0 Å². The average molecular weight is 808 g/mol. The molecule has 11 aromatic rings. The van der Waals surface area contributed by atoms with Crippen LogP contribution >= 0.6 is 0 Å². The number of fused-ring (bicyclic) bond motifs is 6. The molecule has 0 saturated heterocycles. The molecule has 0 spiro atoms. The minimum atomic E-state index is 0.913. The maximum atomic E-state index is 6.35. The lowest BCUT2D eigenvalue weighted by Gasteiger charge is -2.26. The summed E-state index contributed by atoms with van der Waals surface area (Å²) >= 11 is 0. The van der Waals surface area contributed by atoms with Crippen molar-refractivity contribution in [2.45, 2.75) is 12.8 Å². The highest BCUT2D eigenvalue weighted by Gasteiger charge is 2.17. The smallest absolute Gasteiger partial charge is 0.143 e. The number of rotatable bonds is 8. The molecule has 0 bridgehead atoms. The summed E-state index contributed by atoms with van der Waals surface area (Å²) in [6.07, 6.45) is 8.80. The molecule has 12 rings (SSSR count). The lowest BCUT2D eigenvalue weighted by molar-refractivity contribution is 0.669. The van der Waals surface area contributed by atoms with E-state index >= 15 is 0 Å². The molecular formula is C60H41NO2. The molecule has 0 fully saturated rings. The van der Waals surface area contributed by atoms with Crippen molar-refractivity contribution in [3.63, 3.8) is 0 Å². The van der Waals surface area contributed by atoms with E-state index in [0.717, 1.165) is 118 Å². The Balaban J connectivity index is 0.845. The fourth-order valence-corrected chi connectivity index (χ4v) is 9.35. The first-order valence-electron chi connectivity index (χ1n) is 21.7. The molecule has 2 aromatic heterocycles. The highest BCUT2D eigenvalue weighted by Crippen LogP contribution is 2.41. The Kier molecular flexibility index (Phi) is 8.97. The second-order valence-corrected chi connectivity index (χ2v) is 16.4. The zero-order chi connectivity index (χ0) is 41.7. The molecule has 2 heterocycles. The summed E-state index contributed by atoms with van der Waals surface area (Å²) in [4.78, 5) is 2.35. The molecular weight excluding hydrogens is 767 g/mol. The van der Waals surface area contributed by atoms with E-state index in [0.29, 0.717) is 0 Å². The molecule has 1 aliphatic rings. The first-order chi connectivity index (χ1) is 31.2. The molecule has 298 valence electrons. The molecule has 0 atom stereocenters. The largest absolute Gasteiger partial charge is 0.455 e. The van der Waals surface area contributed by atoms with Gasteiger partial charge in [-0.1, -0.05) is 176 Å². The van der Waals surface area contributed by atoms with Gasteiger partial charge in [0.05, 0.1) is 0 Å². The fraction of sp³-hybridized carbons (Fsp3) is 0.0333. The van der Waals surface area contributed by atoms with Gasteiger partial charge in [-0.3, -0.25) is 0 Å². The molecule has 0 amide bonds. The summed E-state index contributed by atoms with van der Waals surface area (Å²) < 4.78 is 12.7. The van der Waals surface area contributed by atoms with Crippen molar-refractivity contribution in [3.8, 4) is 44.5 Å². The quantitative estimate of drug-likeness (QED) is 0.153. The van der Waals surface area contributed by atoms with Crippen molar-refractivity contribution in [2.75, 3.05) is 4.90 Å². The molecule has 3 heteroatoms. The number of benzene rings is 9. The number of para-hydroxylation sites is 4. The molecule has 0 saturated carbocycles. The van der Waals surface area contributed by atoms with E-state index in [2.05, 4.69) is 205 Å². The van der Waals surface area contributed by atoms with Crippen LogP contribution in [0.4, 0.5) is 17.1 Å². The molecule has 3 nitrogen and oxygen atoms in total. The van der Waals surface area contributed by atoms with E-state index in [1.165, 1.54) is 11.1 Å². The Bertz CT molecular complexity index is 3310. The number of hydrogen-bond acceptors (Lipinski definition) is 3. The number of hydrogen-bond donors (Lipinski definition) is 0. The predicted octanol–water partition coefficient (Wildman–Crippen LogP) is 17.4. The monoisotopic (exact) mass is 807 g/mol. The summed E-state index contributed by atoms with van der Waals surface area (Å²) in [5, 5.41) is 4.57. The van der Waals surface area contributed by atoms with Crippen LogP contribution in [-0.4, -0.2) is 0 Å². The van der Waals surface area contributed by atoms with Gasteiger partial charge in [0.25, 0.3) is 0 Å². The number of furan rings is 2. The second-order valence-electron chi connectivity index (χ2n) is 16.4. The van der Waals surface area contributed by atoms with Crippen molar-refractivity contribution >= 4 is 66.5 Å². The zero-order valence-electron chi connectivity index (χ0n) is 34.5. The van der Waals surface area contributed by atoms with E-state index < -0.39 is 0 Å². The van der Waals surface area contributed by atoms with Crippen molar-refractivity contribution in [1.29, 1.82) is 0 Å². The van der Waals surface area contributed by atoms with Crippen LogP contribution in [0.1, 0.15) is 18.4 Å². The summed E-state index contributed by atoms with van der Waals surface area (Å²) in [5.41, 5.74) is 18.7. The van der Waals surface area contributed by atoms with Gasteiger partial charge in [-0.05, 0) is 106 Å². The van der Waals surface area contributed by atoms with E-state index in [1.54, 1.807) is 0 Å². The normalized spacial score (nSPS) is 12.7.